The molecule has 204 valence electrons. The van der Waals surface area contributed by atoms with E-state index < -0.39 is 6.04 Å². The number of carbonyl (C=O) groups is 1. The van der Waals surface area contributed by atoms with Crippen LogP contribution in [0.15, 0.2) is 57.7 Å². The monoisotopic (exact) mass is 550 g/mol. The van der Waals surface area contributed by atoms with Gasteiger partial charge in [0.05, 0.1) is 35.1 Å². The molecular weight excluding hydrogens is 520 g/mol. The van der Waals surface area contributed by atoms with Crippen molar-refractivity contribution in [2.45, 2.75) is 58.2 Å². The van der Waals surface area contributed by atoms with Crippen molar-refractivity contribution in [1.29, 1.82) is 0 Å². The maximum absolute atomic E-state index is 13.3. The van der Waals surface area contributed by atoms with E-state index in [2.05, 4.69) is 20.8 Å². The SMILES string of the molecule is Cc1c(NC(=O)C2CCCC(c3nnc(-c4cc(Cl)ccc4OC(C)C)o3)N2)c(=O)n(-c2ccccc2)n1C. The summed E-state index contributed by atoms with van der Waals surface area (Å²) in [6, 6.07) is 13.7. The number of ether oxygens (including phenoxy) is 1. The third kappa shape index (κ3) is 5.48. The predicted octanol–water partition coefficient (Wildman–Crippen LogP) is 4.80. The molecule has 1 aliphatic rings. The summed E-state index contributed by atoms with van der Waals surface area (Å²) >= 11 is 6.22. The molecule has 0 aliphatic carbocycles. The molecule has 2 N–H and O–H groups in total. The summed E-state index contributed by atoms with van der Waals surface area (Å²) in [4.78, 5) is 26.5. The van der Waals surface area contributed by atoms with E-state index in [1.54, 1.807) is 36.9 Å². The molecule has 2 aromatic carbocycles. The van der Waals surface area contributed by atoms with Gasteiger partial charge in [-0.3, -0.25) is 19.6 Å². The highest BCUT2D eigenvalue weighted by atomic mass is 35.5. The molecule has 2 aromatic heterocycles. The van der Waals surface area contributed by atoms with E-state index in [0.29, 0.717) is 34.3 Å². The molecule has 1 saturated heterocycles. The van der Waals surface area contributed by atoms with Crippen LogP contribution in [0.5, 0.6) is 5.75 Å². The van der Waals surface area contributed by atoms with Crippen LogP contribution in [0.1, 0.15) is 50.7 Å². The zero-order valence-electron chi connectivity index (χ0n) is 22.3. The molecule has 2 unspecified atom stereocenters. The topological polar surface area (TPSA) is 116 Å². The molecule has 0 saturated carbocycles. The Morgan fingerprint density at radius 2 is 1.95 bits per heavy atom. The van der Waals surface area contributed by atoms with Crippen LogP contribution in [0.4, 0.5) is 5.69 Å². The van der Waals surface area contributed by atoms with Gasteiger partial charge in [-0.05, 0) is 70.4 Å². The van der Waals surface area contributed by atoms with Crippen LogP contribution in [0.25, 0.3) is 17.1 Å². The van der Waals surface area contributed by atoms with Crippen LogP contribution < -0.4 is 20.9 Å². The molecule has 0 spiro atoms. The first-order valence-corrected chi connectivity index (χ1v) is 13.3. The predicted molar refractivity (Wildman–Crippen MR) is 148 cm³/mol. The van der Waals surface area contributed by atoms with E-state index in [1.807, 2.05) is 44.2 Å². The first-order chi connectivity index (χ1) is 18.7. The fourth-order valence-corrected chi connectivity index (χ4v) is 4.94. The van der Waals surface area contributed by atoms with Crippen LogP contribution in [0.2, 0.25) is 5.02 Å². The number of carbonyl (C=O) groups excluding carboxylic acids is 1. The number of benzene rings is 2. The van der Waals surface area contributed by atoms with Crippen LogP contribution in [0, 0.1) is 6.92 Å². The number of hydrogen-bond acceptors (Lipinski definition) is 7. The second-order valence-electron chi connectivity index (χ2n) is 9.88. The van der Waals surface area contributed by atoms with Crippen molar-refractivity contribution >= 4 is 23.2 Å². The maximum atomic E-state index is 13.3. The molecule has 11 heteroatoms. The molecule has 1 amide bonds. The summed E-state index contributed by atoms with van der Waals surface area (Å²) < 4.78 is 15.2. The smallest absolute Gasteiger partial charge is 0.295 e. The van der Waals surface area contributed by atoms with E-state index in [4.69, 9.17) is 20.8 Å². The first-order valence-electron chi connectivity index (χ1n) is 12.9. The molecule has 10 nitrogen and oxygen atoms in total. The lowest BCUT2D eigenvalue weighted by Crippen LogP contribution is -2.45. The highest BCUT2D eigenvalue weighted by molar-refractivity contribution is 6.30. The standard InChI is InChI=1S/C28H31ClN6O4/c1-16(2)38-23-14-13-18(29)15-20(23)26-32-33-27(39-26)22-12-8-11-21(30-22)25(36)31-24-17(3)34(4)35(28(24)37)19-9-6-5-7-10-19/h5-7,9-10,13-16,21-22,30H,8,11-12H2,1-4H3,(H,31,36). The summed E-state index contributed by atoms with van der Waals surface area (Å²) in [7, 11) is 1.79. The van der Waals surface area contributed by atoms with Crippen molar-refractivity contribution in [2.24, 2.45) is 7.05 Å². The van der Waals surface area contributed by atoms with E-state index >= 15 is 0 Å². The van der Waals surface area contributed by atoms with Crippen LogP contribution in [-0.2, 0) is 11.8 Å². The second kappa shape index (κ2) is 11.1. The quantitative estimate of drug-likeness (QED) is 0.339. The Hall–Kier alpha value is -3.89. The Morgan fingerprint density at radius 3 is 2.69 bits per heavy atom. The van der Waals surface area contributed by atoms with E-state index in [9.17, 15) is 9.59 Å². The number of para-hydroxylation sites is 1. The summed E-state index contributed by atoms with van der Waals surface area (Å²) in [5, 5.41) is 15.2. The Labute approximate surface area is 230 Å². The number of halogens is 1. The van der Waals surface area contributed by atoms with E-state index in [1.165, 1.54) is 4.68 Å². The molecule has 2 atom stereocenters. The maximum Gasteiger partial charge on any atom is 0.295 e. The van der Waals surface area contributed by atoms with Crippen molar-refractivity contribution in [3.8, 4) is 22.9 Å². The Bertz CT molecular complexity index is 1540. The van der Waals surface area contributed by atoms with Gasteiger partial charge in [-0.25, -0.2) is 4.68 Å². The summed E-state index contributed by atoms with van der Waals surface area (Å²) in [5.41, 5.74) is 1.96. The van der Waals surface area contributed by atoms with Crippen LogP contribution in [-0.4, -0.2) is 37.6 Å². The van der Waals surface area contributed by atoms with Crippen molar-refractivity contribution in [1.82, 2.24) is 24.9 Å². The molecule has 4 aromatic rings. The largest absolute Gasteiger partial charge is 0.490 e. The first kappa shape index (κ1) is 26.7. The summed E-state index contributed by atoms with van der Waals surface area (Å²) in [5.74, 6) is 0.976. The molecular formula is C28H31ClN6O4. The second-order valence-corrected chi connectivity index (χ2v) is 10.3. The van der Waals surface area contributed by atoms with Gasteiger partial charge in [-0.2, -0.15) is 0 Å². The minimum Gasteiger partial charge on any atom is -0.490 e. The Kier molecular flexibility index (Phi) is 7.58. The van der Waals surface area contributed by atoms with Crippen molar-refractivity contribution in [3.63, 3.8) is 0 Å². The Morgan fingerprint density at radius 1 is 1.18 bits per heavy atom. The lowest BCUT2D eigenvalue weighted by Gasteiger charge is -2.28. The van der Waals surface area contributed by atoms with Gasteiger partial charge in [-0.15, -0.1) is 10.2 Å². The number of anilines is 1. The number of nitrogens with zero attached hydrogens (tertiary/aromatic N) is 4. The molecule has 39 heavy (non-hydrogen) atoms. The van der Waals surface area contributed by atoms with Gasteiger partial charge in [0.1, 0.15) is 11.4 Å². The molecule has 3 heterocycles. The number of nitrogens with one attached hydrogen (secondary N) is 2. The van der Waals surface area contributed by atoms with Crippen molar-refractivity contribution in [3.05, 3.63) is 75.5 Å². The lowest BCUT2D eigenvalue weighted by atomic mass is 9.98. The van der Waals surface area contributed by atoms with Gasteiger partial charge < -0.3 is 14.5 Å². The molecule has 5 rings (SSSR count). The average molecular weight is 551 g/mol. The van der Waals surface area contributed by atoms with Crippen molar-refractivity contribution < 1.29 is 13.9 Å². The van der Waals surface area contributed by atoms with E-state index in [0.717, 1.165) is 18.5 Å². The van der Waals surface area contributed by atoms with Gasteiger partial charge >= 0.3 is 0 Å². The minimum absolute atomic E-state index is 0.0448. The Balaban J connectivity index is 1.33. The number of amides is 1. The molecule has 1 fully saturated rings. The lowest BCUT2D eigenvalue weighted by molar-refractivity contribution is -0.119. The molecule has 1 aliphatic heterocycles. The zero-order valence-corrected chi connectivity index (χ0v) is 23.0. The summed E-state index contributed by atoms with van der Waals surface area (Å²) in [6.45, 7) is 5.67. The fraction of sp³-hybridized carbons (Fsp3) is 0.357. The zero-order chi connectivity index (χ0) is 27.7. The average Bonchev–Trinajstić information content (AvgIpc) is 3.50. The number of piperidine rings is 1. The highest BCUT2D eigenvalue weighted by Crippen LogP contribution is 2.34. The van der Waals surface area contributed by atoms with E-state index in [-0.39, 0.29) is 35.2 Å². The fourth-order valence-electron chi connectivity index (χ4n) is 4.77. The highest BCUT2D eigenvalue weighted by Gasteiger charge is 2.32. The summed E-state index contributed by atoms with van der Waals surface area (Å²) in [6.07, 6.45) is 2.06. The van der Waals surface area contributed by atoms with Gasteiger partial charge in [0.15, 0.2) is 0 Å². The van der Waals surface area contributed by atoms with Gasteiger partial charge in [0.2, 0.25) is 11.8 Å². The van der Waals surface area contributed by atoms with Crippen LogP contribution >= 0.6 is 11.6 Å². The van der Waals surface area contributed by atoms with Gasteiger partial charge in [0, 0.05) is 12.1 Å². The van der Waals surface area contributed by atoms with Crippen molar-refractivity contribution in [2.75, 3.05) is 5.32 Å². The number of aromatic nitrogens is 4. The third-order valence-corrected chi connectivity index (χ3v) is 7.02. The van der Waals surface area contributed by atoms with Gasteiger partial charge in [0.25, 0.3) is 11.4 Å². The third-order valence-electron chi connectivity index (χ3n) is 6.78. The normalized spacial score (nSPS) is 17.4. The molecule has 0 radical (unpaired) electrons. The van der Waals surface area contributed by atoms with Gasteiger partial charge in [-0.1, -0.05) is 29.8 Å². The van der Waals surface area contributed by atoms with Crippen LogP contribution in [0.3, 0.4) is 0 Å². The minimum atomic E-state index is -0.533. The molecule has 0 bridgehead atoms. The number of rotatable bonds is 7. The number of hydrogen-bond donors (Lipinski definition) is 2.